The van der Waals surface area contributed by atoms with Crippen LogP contribution in [-0.2, 0) is 29.1 Å². The molecule has 8 heteroatoms. The van der Waals surface area contributed by atoms with Crippen LogP contribution in [0.3, 0.4) is 0 Å². The lowest BCUT2D eigenvalue weighted by Gasteiger charge is -2.30. The molecule has 140 valence electrons. The van der Waals surface area contributed by atoms with Crippen molar-refractivity contribution in [3.05, 3.63) is 29.8 Å². The van der Waals surface area contributed by atoms with E-state index >= 15 is 0 Å². The molecule has 1 rings (SSSR count). The number of ether oxygens (including phenoxy) is 2. The molecular weight excluding hydrogens is 346 g/mol. The van der Waals surface area contributed by atoms with Gasteiger partial charge in [-0.3, -0.25) is 0 Å². The molecule has 1 N–H and O–H groups in total. The van der Waals surface area contributed by atoms with E-state index in [0.29, 0.717) is 0 Å². The molecule has 0 saturated heterocycles. The molecule has 1 aromatic rings. The Morgan fingerprint density at radius 1 is 1.00 bits per heavy atom. The lowest BCUT2D eigenvalue weighted by molar-refractivity contribution is -0.109. The quantitative estimate of drug-likeness (QED) is 0.414. The zero-order valence-electron chi connectivity index (χ0n) is 14.6. The van der Waals surface area contributed by atoms with Crippen molar-refractivity contribution in [2.75, 3.05) is 26.4 Å². The van der Waals surface area contributed by atoms with Gasteiger partial charge in [-0.1, -0.05) is 17.7 Å². The number of aryl methyl sites for hydroxylation is 1. The summed E-state index contributed by atoms with van der Waals surface area (Å²) < 4.78 is 38.6. The van der Waals surface area contributed by atoms with Crippen molar-refractivity contribution in [1.29, 1.82) is 0 Å². The second-order valence-electron chi connectivity index (χ2n) is 6.00. The largest absolute Gasteiger partial charge is 0.379 e. The Labute approximate surface area is 148 Å². The van der Waals surface area contributed by atoms with Gasteiger partial charge >= 0.3 is 0 Å². The third-order valence-corrected chi connectivity index (χ3v) is 4.97. The van der Waals surface area contributed by atoms with E-state index < -0.39 is 15.6 Å². The summed E-state index contributed by atoms with van der Waals surface area (Å²) in [6, 6.07) is 6.48. The van der Waals surface area contributed by atoms with Gasteiger partial charge in [0.15, 0.2) is 0 Å². The van der Waals surface area contributed by atoms with E-state index in [9.17, 15) is 18.0 Å². The van der Waals surface area contributed by atoms with Crippen LogP contribution in [0, 0.1) is 6.92 Å². The molecule has 0 spiro atoms. The summed E-state index contributed by atoms with van der Waals surface area (Å²) in [4.78, 5) is 20.9. The number of sulfonamides is 1. The molecule has 25 heavy (non-hydrogen) atoms. The SMILES string of the molecule is Cc1ccc(S(=O)(=O)NC(C)(COCCC=O)COCCC=O)cc1. The van der Waals surface area contributed by atoms with Gasteiger partial charge in [-0.05, 0) is 26.0 Å². The average molecular weight is 371 g/mol. The van der Waals surface area contributed by atoms with E-state index in [0.717, 1.165) is 18.1 Å². The van der Waals surface area contributed by atoms with E-state index in [1.165, 1.54) is 12.1 Å². The summed E-state index contributed by atoms with van der Waals surface area (Å²) in [5, 5.41) is 0. The molecule has 0 amide bonds. The van der Waals surface area contributed by atoms with Crippen molar-refractivity contribution in [1.82, 2.24) is 4.72 Å². The molecule has 7 nitrogen and oxygen atoms in total. The van der Waals surface area contributed by atoms with E-state index in [2.05, 4.69) is 4.72 Å². The molecule has 0 radical (unpaired) electrons. The second-order valence-corrected chi connectivity index (χ2v) is 7.68. The first kappa shape index (κ1) is 21.4. The fourth-order valence-electron chi connectivity index (χ4n) is 2.06. The normalized spacial score (nSPS) is 12.1. The van der Waals surface area contributed by atoms with Crippen molar-refractivity contribution in [3.8, 4) is 0 Å². The van der Waals surface area contributed by atoms with Gasteiger partial charge in [-0.25, -0.2) is 13.1 Å². The molecule has 0 aliphatic heterocycles. The first-order chi connectivity index (χ1) is 11.8. The molecule has 0 heterocycles. The number of benzene rings is 1. The fraction of sp³-hybridized carbons (Fsp3) is 0.529. The number of rotatable bonds is 13. The summed E-state index contributed by atoms with van der Waals surface area (Å²) in [7, 11) is -3.77. The minimum Gasteiger partial charge on any atom is -0.379 e. The van der Waals surface area contributed by atoms with Gasteiger partial charge in [-0.15, -0.1) is 0 Å². The Balaban J connectivity index is 2.83. The Bertz CT molecular complexity index is 626. The second kappa shape index (κ2) is 10.4. The first-order valence-electron chi connectivity index (χ1n) is 7.96. The maximum Gasteiger partial charge on any atom is 0.241 e. The van der Waals surface area contributed by atoms with Gasteiger partial charge in [-0.2, -0.15) is 0 Å². The highest BCUT2D eigenvalue weighted by Gasteiger charge is 2.31. The fourth-order valence-corrected chi connectivity index (χ4v) is 3.44. The van der Waals surface area contributed by atoms with Gasteiger partial charge in [0, 0.05) is 12.8 Å². The number of aldehydes is 2. The van der Waals surface area contributed by atoms with Crippen LogP contribution in [0.1, 0.15) is 25.3 Å². The van der Waals surface area contributed by atoms with Crippen LogP contribution in [-0.4, -0.2) is 53.0 Å². The van der Waals surface area contributed by atoms with Crippen LogP contribution in [0.4, 0.5) is 0 Å². The molecule has 0 atom stereocenters. The molecule has 1 aromatic carbocycles. The van der Waals surface area contributed by atoms with E-state index in [1.807, 2.05) is 6.92 Å². The van der Waals surface area contributed by atoms with Crippen LogP contribution < -0.4 is 4.72 Å². The van der Waals surface area contributed by atoms with Gasteiger partial charge in [0.25, 0.3) is 0 Å². The number of carbonyl (C=O) groups is 2. The highest BCUT2D eigenvalue weighted by Crippen LogP contribution is 2.15. The predicted octanol–water partition coefficient (Wildman–Crippen LogP) is 1.24. The molecule has 0 bridgehead atoms. The topological polar surface area (TPSA) is 98.8 Å². The standard InChI is InChI=1S/C17H25NO6S/c1-15-5-7-16(8-6-15)25(21,22)18-17(2,13-23-11-3-9-19)14-24-12-4-10-20/h5-10,18H,3-4,11-14H2,1-2H3. The van der Waals surface area contributed by atoms with E-state index in [-0.39, 0.29) is 44.2 Å². The van der Waals surface area contributed by atoms with Crippen molar-refractivity contribution >= 4 is 22.6 Å². The summed E-state index contributed by atoms with van der Waals surface area (Å²) in [6.07, 6.45) is 1.92. The number of nitrogens with one attached hydrogen (secondary N) is 1. The number of carbonyl (C=O) groups excluding carboxylic acids is 2. The Hall–Kier alpha value is -1.61. The van der Waals surface area contributed by atoms with E-state index in [4.69, 9.17) is 9.47 Å². The van der Waals surface area contributed by atoms with Crippen molar-refractivity contribution < 1.29 is 27.5 Å². The first-order valence-corrected chi connectivity index (χ1v) is 9.45. The summed E-state index contributed by atoms with van der Waals surface area (Å²) >= 11 is 0. The smallest absolute Gasteiger partial charge is 0.241 e. The van der Waals surface area contributed by atoms with Crippen LogP contribution in [0.25, 0.3) is 0 Å². The van der Waals surface area contributed by atoms with Gasteiger partial charge in [0.2, 0.25) is 10.0 Å². The lowest BCUT2D eigenvalue weighted by Crippen LogP contribution is -2.53. The van der Waals surface area contributed by atoms with Crippen LogP contribution >= 0.6 is 0 Å². The molecule has 0 saturated carbocycles. The third-order valence-electron chi connectivity index (χ3n) is 3.31. The van der Waals surface area contributed by atoms with E-state index in [1.54, 1.807) is 19.1 Å². The third kappa shape index (κ3) is 7.87. The zero-order chi connectivity index (χ0) is 18.8. The summed E-state index contributed by atoms with van der Waals surface area (Å²) in [5.41, 5.74) is -0.0775. The molecular formula is C17H25NO6S. The van der Waals surface area contributed by atoms with Crippen LogP contribution in [0.15, 0.2) is 29.2 Å². The highest BCUT2D eigenvalue weighted by atomic mass is 32.2. The Morgan fingerprint density at radius 3 is 1.92 bits per heavy atom. The summed E-state index contributed by atoms with van der Waals surface area (Å²) in [6.45, 7) is 3.98. The average Bonchev–Trinajstić information content (AvgIpc) is 2.56. The van der Waals surface area contributed by atoms with Crippen LogP contribution in [0.2, 0.25) is 0 Å². The molecule has 0 aliphatic rings. The van der Waals surface area contributed by atoms with Crippen molar-refractivity contribution in [2.24, 2.45) is 0 Å². The molecule has 0 aromatic heterocycles. The van der Waals surface area contributed by atoms with Gasteiger partial charge < -0.3 is 19.1 Å². The molecule has 0 unspecified atom stereocenters. The minimum absolute atomic E-state index is 0.0347. The Kier molecular flexibility index (Phi) is 8.91. The Morgan fingerprint density at radius 2 is 1.48 bits per heavy atom. The lowest BCUT2D eigenvalue weighted by atomic mass is 10.1. The van der Waals surface area contributed by atoms with Gasteiger partial charge in [0.1, 0.15) is 12.6 Å². The summed E-state index contributed by atoms with van der Waals surface area (Å²) in [5.74, 6) is 0. The zero-order valence-corrected chi connectivity index (χ0v) is 15.4. The van der Waals surface area contributed by atoms with Crippen molar-refractivity contribution in [3.63, 3.8) is 0 Å². The predicted molar refractivity (Wildman–Crippen MR) is 92.9 cm³/mol. The molecule has 0 fully saturated rings. The van der Waals surface area contributed by atoms with Gasteiger partial charge in [0.05, 0.1) is 36.9 Å². The number of hydrogen-bond donors (Lipinski definition) is 1. The number of hydrogen-bond acceptors (Lipinski definition) is 6. The maximum absolute atomic E-state index is 12.6. The minimum atomic E-state index is -3.77. The highest BCUT2D eigenvalue weighted by molar-refractivity contribution is 7.89. The van der Waals surface area contributed by atoms with Crippen LogP contribution in [0.5, 0.6) is 0 Å². The van der Waals surface area contributed by atoms with Crippen molar-refractivity contribution in [2.45, 2.75) is 37.1 Å². The maximum atomic E-state index is 12.6. The monoisotopic (exact) mass is 371 g/mol. The molecule has 0 aliphatic carbocycles.